The Morgan fingerprint density at radius 3 is 0.968 bits per heavy atom. The van der Waals surface area contributed by atoms with Crippen LogP contribution in [0, 0.1) is 0 Å². The minimum absolute atomic E-state index is 1.05. The van der Waals surface area contributed by atoms with Gasteiger partial charge in [-0.25, -0.2) is 0 Å². The second-order valence-electron chi connectivity index (χ2n) is 8.71. The Kier molecular flexibility index (Phi) is 10.4. The van der Waals surface area contributed by atoms with Crippen molar-refractivity contribution in [1.82, 2.24) is 4.90 Å². The second kappa shape index (κ2) is 12.5. The van der Waals surface area contributed by atoms with Crippen LogP contribution in [0.15, 0.2) is 72.8 Å². The molecule has 3 rings (SSSR count). The molecule has 0 amide bonds. The number of rotatable bonds is 9. The Balaban J connectivity index is 1.97. The second-order valence-corrected chi connectivity index (χ2v) is 28.2. The van der Waals surface area contributed by atoms with Crippen molar-refractivity contribution < 1.29 is 0 Å². The molecule has 0 aliphatic carbocycles. The van der Waals surface area contributed by atoms with Crippen LogP contribution in [0.1, 0.15) is 16.7 Å². The van der Waals surface area contributed by atoms with Crippen molar-refractivity contribution in [3.05, 3.63) is 89.5 Å². The molecule has 3 aromatic carbocycles. The van der Waals surface area contributed by atoms with E-state index in [0.717, 1.165) is 19.6 Å². The first-order chi connectivity index (χ1) is 14.9. The third-order valence-electron chi connectivity index (χ3n) is 5.60. The van der Waals surface area contributed by atoms with E-state index in [1.54, 1.807) is 27.2 Å². The Hall–Kier alpha value is 0.0745. The van der Waals surface area contributed by atoms with Gasteiger partial charge in [-0.2, -0.15) is 0 Å². The van der Waals surface area contributed by atoms with Gasteiger partial charge in [0.2, 0.25) is 0 Å². The molecule has 0 unspecified atom stereocenters. The minimum atomic E-state index is -1.31. The fraction of sp³-hybridized carbons (Fsp3) is 0.333. The van der Waals surface area contributed by atoms with Crippen LogP contribution in [0.4, 0.5) is 0 Å². The van der Waals surface area contributed by atoms with Crippen molar-refractivity contribution in [2.24, 2.45) is 0 Å². The zero-order valence-electron chi connectivity index (χ0n) is 19.8. The van der Waals surface area contributed by atoms with E-state index in [9.17, 15) is 0 Å². The van der Waals surface area contributed by atoms with Gasteiger partial charge in [-0.05, 0) is 0 Å². The van der Waals surface area contributed by atoms with Crippen molar-refractivity contribution in [3.8, 4) is 0 Å². The van der Waals surface area contributed by atoms with E-state index in [4.69, 9.17) is 0 Å². The van der Waals surface area contributed by atoms with Gasteiger partial charge in [0.1, 0.15) is 0 Å². The van der Waals surface area contributed by atoms with E-state index in [2.05, 4.69) is 107 Å². The quantitative estimate of drug-likeness (QED) is 0.286. The van der Waals surface area contributed by atoms with Crippen LogP contribution in [-0.4, -0.2) is 65.5 Å². The molecule has 0 atom stereocenters. The molecule has 1 nitrogen and oxygen atoms in total. The van der Waals surface area contributed by atoms with Crippen LogP contribution < -0.4 is 10.5 Å². The van der Waals surface area contributed by atoms with E-state index >= 15 is 0 Å². The molecule has 4 heteroatoms. The summed E-state index contributed by atoms with van der Waals surface area (Å²) in [6, 6.07) is 27.7. The fourth-order valence-corrected chi connectivity index (χ4v) is 13.6. The maximum atomic E-state index is 2.72. The normalized spacial score (nSPS) is 11.8. The standard InChI is InChI=1S/C21H18N.6CH3.3Sb/c1-4-10-19(11-5-1)16-22(17-20-12-6-2-7-13-20)18-21-14-8-3-9-15-21;;;;;;;;;/h1-10,12,14H,16-18H2;6*1H3;;;. The summed E-state index contributed by atoms with van der Waals surface area (Å²) in [5.74, 6) is 0. The molecular formula is C27H36NSb3. The van der Waals surface area contributed by atoms with Crippen molar-refractivity contribution in [3.63, 3.8) is 0 Å². The Bertz CT molecular complexity index is 854. The van der Waals surface area contributed by atoms with E-state index in [1.165, 1.54) is 0 Å². The van der Waals surface area contributed by atoms with Gasteiger partial charge in [-0.1, -0.05) is 0 Å². The van der Waals surface area contributed by atoms with Crippen LogP contribution >= 0.6 is 0 Å². The average Bonchev–Trinajstić information content (AvgIpc) is 2.74. The van der Waals surface area contributed by atoms with E-state index in [0.29, 0.717) is 0 Å². The molecule has 0 aliphatic rings. The molecule has 0 radical (unpaired) electrons. The van der Waals surface area contributed by atoms with E-state index in [-0.39, 0.29) is 0 Å². The zero-order chi connectivity index (χ0) is 22.4. The van der Waals surface area contributed by atoms with Gasteiger partial charge in [-0.3, -0.25) is 0 Å². The topological polar surface area (TPSA) is 3.24 Å². The first-order valence-electron chi connectivity index (χ1n) is 10.8. The summed E-state index contributed by atoms with van der Waals surface area (Å²) in [7, 11) is 0. The van der Waals surface area contributed by atoms with Gasteiger partial charge in [0.05, 0.1) is 0 Å². The summed E-state index contributed by atoms with van der Waals surface area (Å²) >= 11 is -3.92. The number of hydrogen-bond acceptors (Lipinski definition) is 1. The summed E-state index contributed by atoms with van der Waals surface area (Å²) in [5.41, 5.74) is 4.67. The average molecular weight is 740 g/mol. The van der Waals surface area contributed by atoms with Gasteiger partial charge in [-0.15, -0.1) is 0 Å². The van der Waals surface area contributed by atoms with Gasteiger partial charge < -0.3 is 0 Å². The molecule has 0 bridgehead atoms. The molecule has 164 valence electrons. The van der Waals surface area contributed by atoms with Crippen LogP contribution in [0.25, 0.3) is 0 Å². The molecule has 0 aromatic heterocycles. The number of benzene rings is 3. The number of hydrogen-bond donors (Lipinski definition) is 0. The molecule has 0 heterocycles. The first-order valence-corrected chi connectivity index (χ1v) is 30.0. The molecule has 0 aliphatic heterocycles. The molecular weight excluding hydrogens is 704 g/mol. The Labute approximate surface area is 212 Å². The van der Waals surface area contributed by atoms with Crippen molar-refractivity contribution in [2.75, 3.05) is 0 Å². The fourth-order valence-electron chi connectivity index (χ4n) is 4.13. The third kappa shape index (κ3) is 7.28. The van der Waals surface area contributed by atoms with Crippen LogP contribution in [-0.2, 0) is 19.6 Å². The summed E-state index contributed by atoms with van der Waals surface area (Å²) in [6.45, 7) is 3.16. The van der Waals surface area contributed by atoms with Crippen molar-refractivity contribution in [1.29, 1.82) is 0 Å². The SMILES string of the molecule is [CH3][Sb]([CH3])[c]1ccccc1CN(Cc1cccc[c]1[Sb]([CH3])[CH3])Cc1cccc[c]1[Sb]([CH3])[CH3]. The molecule has 0 N–H and O–H groups in total. The monoisotopic (exact) mass is 737 g/mol. The van der Waals surface area contributed by atoms with Crippen molar-refractivity contribution in [2.45, 2.75) is 48.9 Å². The molecule has 0 saturated carbocycles. The van der Waals surface area contributed by atoms with Gasteiger partial charge in [0.15, 0.2) is 0 Å². The predicted octanol–water partition coefficient (Wildman–Crippen LogP) is 4.77. The molecule has 0 fully saturated rings. The van der Waals surface area contributed by atoms with Crippen molar-refractivity contribution >= 4 is 71.2 Å². The van der Waals surface area contributed by atoms with Crippen LogP contribution in [0.3, 0.4) is 0 Å². The first kappa shape index (κ1) is 25.7. The van der Waals surface area contributed by atoms with E-state index in [1.807, 2.05) is 0 Å². The Morgan fingerprint density at radius 1 is 0.452 bits per heavy atom. The molecule has 31 heavy (non-hydrogen) atoms. The summed E-state index contributed by atoms with van der Waals surface area (Å²) < 4.78 is 5.00. The summed E-state index contributed by atoms with van der Waals surface area (Å²) in [5, 5.41) is 0. The summed E-state index contributed by atoms with van der Waals surface area (Å²) in [6.07, 6.45) is 0. The van der Waals surface area contributed by atoms with Gasteiger partial charge >= 0.3 is 214 Å². The molecule has 3 aromatic rings. The van der Waals surface area contributed by atoms with Crippen LogP contribution in [0.2, 0.25) is 29.2 Å². The third-order valence-corrected chi connectivity index (χ3v) is 17.6. The van der Waals surface area contributed by atoms with Gasteiger partial charge in [0, 0.05) is 0 Å². The maximum absolute atomic E-state index is 2.72. The predicted molar refractivity (Wildman–Crippen MR) is 144 cm³/mol. The molecule has 0 spiro atoms. The molecule has 0 saturated heterocycles. The van der Waals surface area contributed by atoms with Crippen LogP contribution in [0.5, 0.6) is 0 Å². The Morgan fingerprint density at radius 2 is 0.710 bits per heavy atom. The number of nitrogens with zero attached hydrogens (tertiary/aromatic N) is 1. The van der Waals surface area contributed by atoms with Gasteiger partial charge in [0.25, 0.3) is 0 Å². The zero-order valence-corrected chi connectivity index (χ0v) is 27.5. The summed E-state index contributed by atoms with van der Waals surface area (Å²) in [4.78, 5) is 17.7. The van der Waals surface area contributed by atoms with E-state index < -0.39 is 60.6 Å².